The minimum atomic E-state index is -0.728. The lowest BCUT2D eigenvalue weighted by atomic mass is 10.0. The number of carbonyl (C=O) groups excluding carboxylic acids is 1. The molecule has 0 N–H and O–H groups in total. The van der Waals surface area contributed by atoms with Gasteiger partial charge in [0.15, 0.2) is 5.78 Å². The number of allylic oxidation sites excluding steroid dienone is 1. The first-order valence-corrected chi connectivity index (χ1v) is 6.80. The minimum Gasteiger partial charge on any atom is -0.289 e. The van der Waals surface area contributed by atoms with E-state index in [2.05, 4.69) is 0 Å². The molecule has 0 heterocycles. The molecule has 0 amide bonds. The standard InChI is InChI=1S/C19H12F2O/c20-15-9-10-18(21)17(12-15)19(22)11-8-14-6-3-5-13-4-1-2-7-16(13)14/h1-12H/b11-8+. The molecule has 3 aromatic carbocycles. The number of hydrogen-bond donors (Lipinski definition) is 0. The van der Waals surface area contributed by atoms with Crippen LogP contribution in [0, 0.1) is 11.6 Å². The van der Waals surface area contributed by atoms with E-state index in [1.165, 1.54) is 6.08 Å². The van der Waals surface area contributed by atoms with E-state index in [1.807, 2.05) is 42.5 Å². The van der Waals surface area contributed by atoms with Gasteiger partial charge in [-0.25, -0.2) is 8.78 Å². The van der Waals surface area contributed by atoms with Gasteiger partial charge in [0.1, 0.15) is 11.6 Å². The van der Waals surface area contributed by atoms with Crippen LogP contribution in [0.5, 0.6) is 0 Å². The molecule has 0 radical (unpaired) electrons. The van der Waals surface area contributed by atoms with Gasteiger partial charge < -0.3 is 0 Å². The van der Waals surface area contributed by atoms with Gasteiger partial charge in [-0.05, 0) is 40.6 Å². The molecule has 0 saturated heterocycles. The molecule has 0 bridgehead atoms. The van der Waals surface area contributed by atoms with Crippen molar-refractivity contribution in [3.8, 4) is 0 Å². The number of carbonyl (C=O) groups is 1. The summed E-state index contributed by atoms with van der Waals surface area (Å²) in [5.74, 6) is -1.93. The molecule has 0 spiro atoms. The summed E-state index contributed by atoms with van der Waals surface area (Å²) in [6.07, 6.45) is 2.88. The van der Waals surface area contributed by atoms with Crippen molar-refractivity contribution in [3.63, 3.8) is 0 Å². The average Bonchev–Trinajstić information content (AvgIpc) is 2.54. The third kappa shape index (κ3) is 2.79. The first kappa shape index (κ1) is 14.1. The number of halogens is 2. The van der Waals surface area contributed by atoms with E-state index in [0.29, 0.717) is 0 Å². The highest BCUT2D eigenvalue weighted by molar-refractivity contribution is 6.08. The number of hydrogen-bond acceptors (Lipinski definition) is 1. The van der Waals surface area contributed by atoms with Gasteiger partial charge in [-0.1, -0.05) is 48.5 Å². The monoisotopic (exact) mass is 294 g/mol. The third-order valence-electron chi connectivity index (χ3n) is 3.43. The van der Waals surface area contributed by atoms with Crippen LogP contribution in [-0.4, -0.2) is 5.78 Å². The zero-order valence-corrected chi connectivity index (χ0v) is 11.6. The molecular formula is C19H12F2O. The molecule has 0 fully saturated rings. The summed E-state index contributed by atoms with van der Waals surface area (Å²) in [5, 5.41) is 2.04. The maximum Gasteiger partial charge on any atom is 0.188 e. The molecule has 0 unspecified atom stereocenters. The van der Waals surface area contributed by atoms with Crippen LogP contribution < -0.4 is 0 Å². The summed E-state index contributed by atoms with van der Waals surface area (Å²) in [7, 11) is 0. The van der Waals surface area contributed by atoms with Crippen molar-refractivity contribution in [3.05, 3.63) is 89.5 Å². The Kier molecular flexibility index (Phi) is 3.79. The lowest BCUT2D eigenvalue weighted by Gasteiger charge is -2.02. The summed E-state index contributed by atoms with van der Waals surface area (Å²) >= 11 is 0. The molecule has 3 rings (SSSR count). The molecule has 0 aromatic heterocycles. The van der Waals surface area contributed by atoms with E-state index in [-0.39, 0.29) is 5.56 Å². The molecule has 0 aliphatic carbocycles. The van der Waals surface area contributed by atoms with Gasteiger partial charge in [0.05, 0.1) is 5.56 Å². The Morgan fingerprint density at radius 3 is 2.55 bits per heavy atom. The Balaban J connectivity index is 1.96. The summed E-state index contributed by atoms with van der Waals surface area (Å²) in [5.41, 5.74) is 0.583. The molecular weight excluding hydrogens is 282 g/mol. The maximum absolute atomic E-state index is 13.6. The summed E-state index contributed by atoms with van der Waals surface area (Å²) in [6, 6.07) is 16.3. The van der Waals surface area contributed by atoms with Gasteiger partial charge in [-0.2, -0.15) is 0 Å². The van der Waals surface area contributed by atoms with E-state index in [9.17, 15) is 13.6 Å². The van der Waals surface area contributed by atoms with Crippen LogP contribution in [0.4, 0.5) is 8.78 Å². The maximum atomic E-state index is 13.6. The fourth-order valence-electron chi connectivity index (χ4n) is 2.34. The number of rotatable bonds is 3. The van der Waals surface area contributed by atoms with Crippen LogP contribution in [-0.2, 0) is 0 Å². The van der Waals surface area contributed by atoms with Crippen molar-refractivity contribution in [2.45, 2.75) is 0 Å². The van der Waals surface area contributed by atoms with Crippen LogP contribution >= 0.6 is 0 Å². The fraction of sp³-hybridized carbons (Fsp3) is 0. The van der Waals surface area contributed by atoms with Crippen LogP contribution in [0.1, 0.15) is 15.9 Å². The molecule has 3 heteroatoms. The van der Waals surface area contributed by atoms with Crippen molar-refractivity contribution in [2.75, 3.05) is 0 Å². The Morgan fingerprint density at radius 1 is 0.909 bits per heavy atom. The minimum absolute atomic E-state index is 0.267. The van der Waals surface area contributed by atoms with Gasteiger partial charge in [0.2, 0.25) is 0 Å². The van der Waals surface area contributed by atoms with Gasteiger partial charge in [0.25, 0.3) is 0 Å². The molecule has 22 heavy (non-hydrogen) atoms. The van der Waals surface area contributed by atoms with Crippen LogP contribution in [0.3, 0.4) is 0 Å². The zero-order valence-electron chi connectivity index (χ0n) is 11.6. The summed E-state index contributed by atoms with van der Waals surface area (Å²) in [4.78, 5) is 12.0. The van der Waals surface area contributed by atoms with E-state index in [1.54, 1.807) is 6.08 Å². The van der Waals surface area contributed by atoms with Gasteiger partial charge in [-0.15, -0.1) is 0 Å². The highest BCUT2D eigenvalue weighted by Gasteiger charge is 2.10. The predicted molar refractivity (Wildman–Crippen MR) is 83.7 cm³/mol. The van der Waals surface area contributed by atoms with Crippen molar-refractivity contribution >= 4 is 22.6 Å². The number of benzene rings is 3. The molecule has 0 aliphatic heterocycles. The predicted octanol–water partition coefficient (Wildman–Crippen LogP) is 5.01. The average molecular weight is 294 g/mol. The second kappa shape index (κ2) is 5.90. The third-order valence-corrected chi connectivity index (χ3v) is 3.43. The Labute approximate surface area is 126 Å². The molecule has 0 atom stereocenters. The Morgan fingerprint density at radius 2 is 1.68 bits per heavy atom. The highest BCUT2D eigenvalue weighted by Crippen LogP contribution is 2.20. The molecule has 1 nitrogen and oxygen atoms in total. The highest BCUT2D eigenvalue weighted by atomic mass is 19.1. The van der Waals surface area contributed by atoms with Crippen LogP contribution in [0.25, 0.3) is 16.8 Å². The zero-order chi connectivity index (χ0) is 15.5. The van der Waals surface area contributed by atoms with E-state index in [0.717, 1.165) is 34.5 Å². The van der Waals surface area contributed by atoms with Gasteiger partial charge in [-0.3, -0.25) is 4.79 Å². The van der Waals surface area contributed by atoms with Crippen LogP contribution in [0.2, 0.25) is 0 Å². The van der Waals surface area contributed by atoms with E-state index < -0.39 is 17.4 Å². The van der Waals surface area contributed by atoms with Gasteiger partial charge in [0, 0.05) is 0 Å². The Hall–Kier alpha value is -2.81. The van der Waals surface area contributed by atoms with Crippen molar-refractivity contribution < 1.29 is 13.6 Å². The second-order valence-corrected chi connectivity index (χ2v) is 4.89. The fourth-order valence-corrected chi connectivity index (χ4v) is 2.34. The van der Waals surface area contributed by atoms with Crippen molar-refractivity contribution in [1.82, 2.24) is 0 Å². The molecule has 0 aliphatic rings. The van der Waals surface area contributed by atoms with Crippen molar-refractivity contribution in [1.29, 1.82) is 0 Å². The van der Waals surface area contributed by atoms with E-state index >= 15 is 0 Å². The van der Waals surface area contributed by atoms with Gasteiger partial charge >= 0.3 is 0 Å². The SMILES string of the molecule is O=C(/C=C/c1cccc2ccccc12)c1cc(F)ccc1F. The molecule has 3 aromatic rings. The van der Waals surface area contributed by atoms with E-state index in [4.69, 9.17) is 0 Å². The second-order valence-electron chi connectivity index (χ2n) is 4.89. The first-order valence-electron chi connectivity index (χ1n) is 6.80. The van der Waals surface area contributed by atoms with Crippen molar-refractivity contribution in [2.24, 2.45) is 0 Å². The number of ketones is 1. The Bertz CT molecular complexity index is 876. The summed E-state index contributed by atoms with van der Waals surface area (Å²) in [6.45, 7) is 0. The number of fused-ring (bicyclic) bond motifs is 1. The summed E-state index contributed by atoms with van der Waals surface area (Å²) < 4.78 is 26.7. The quantitative estimate of drug-likeness (QED) is 0.490. The van der Waals surface area contributed by atoms with Crippen LogP contribution in [0.15, 0.2) is 66.7 Å². The lowest BCUT2D eigenvalue weighted by molar-refractivity contribution is 0.104. The topological polar surface area (TPSA) is 17.1 Å². The molecule has 108 valence electrons. The lowest BCUT2D eigenvalue weighted by Crippen LogP contribution is -1.99. The normalized spacial score (nSPS) is 11.2. The molecule has 0 saturated carbocycles. The smallest absolute Gasteiger partial charge is 0.188 e. The first-order chi connectivity index (χ1) is 10.6. The largest absolute Gasteiger partial charge is 0.289 e.